The lowest BCUT2D eigenvalue weighted by Crippen LogP contribution is -2.40. The molecule has 80 valence electrons. The number of benzene rings is 1. The van der Waals surface area contributed by atoms with E-state index in [-0.39, 0.29) is 11.6 Å². The molecule has 4 nitrogen and oxygen atoms in total. The van der Waals surface area contributed by atoms with Crippen LogP contribution in [0.1, 0.15) is 10.4 Å². The predicted molar refractivity (Wildman–Crippen MR) is 51.6 cm³/mol. The molecule has 0 aromatic heterocycles. The lowest BCUT2D eigenvalue weighted by atomic mass is 10.1. The topological polar surface area (TPSA) is 58.6 Å². The number of anilines is 1. The Hall–Kier alpha value is -1.62. The summed E-state index contributed by atoms with van der Waals surface area (Å²) in [5, 5.41) is 11.7. The number of hydrogen-bond acceptors (Lipinski definition) is 3. The lowest BCUT2D eigenvalue weighted by Gasteiger charge is -2.27. The van der Waals surface area contributed by atoms with Gasteiger partial charge in [-0.2, -0.15) is 0 Å². The number of halogens is 1. The van der Waals surface area contributed by atoms with Crippen molar-refractivity contribution in [1.29, 1.82) is 0 Å². The van der Waals surface area contributed by atoms with Gasteiger partial charge in [-0.25, -0.2) is 9.18 Å². The third-order valence-electron chi connectivity index (χ3n) is 2.21. The highest BCUT2D eigenvalue weighted by atomic mass is 19.1. The summed E-state index contributed by atoms with van der Waals surface area (Å²) in [4.78, 5) is 10.7. The zero-order chi connectivity index (χ0) is 10.8. The van der Waals surface area contributed by atoms with Gasteiger partial charge in [0.1, 0.15) is 5.82 Å². The van der Waals surface area contributed by atoms with Crippen LogP contribution in [-0.4, -0.2) is 30.3 Å². The molecule has 1 heterocycles. The Kier molecular flexibility index (Phi) is 2.55. The first-order chi connectivity index (χ1) is 7.16. The van der Waals surface area contributed by atoms with E-state index < -0.39 is 11.8 Å². The van der Waals surface area contributed by atoms with Gasteiger partial charge in [-0.3, -0.25) is 0 Å². The van der Waals surface area contributed by atoms with Gasteiger partial charge in [0, 0.05) is 5.69 Å². The van der Waals surface area contributed by atoms with Crippen molar-refractivity contribution in [2.75, 3.05) is 18.5 Å². The fraction of sp³-hybridized carbons (Fsp3) is 0.300. The van der Waals surface area contributed by atoms with Crippen molar-refractivity contribution in [3.05, 3.63) is 29.6 Å². The number of carboxylic acids is 1. The summed E-state index contributed by atoms with van der Waals surface area (Å²) >= 11 is 0. The molecule has 0 spiro atoms. The van der Waals surface area contributed by atoms with E-state index in [1.165, 1.54) is 12.1 Å². The van der Waals surface area contributed by atoms with Crippen LogP contribution in [0.5, 0.6) is 0 Å². The number of hydrogen-bond donors (Lipinski definition) is 2. The van der Waals surface area contributed by atoms with Crippen molar-refractivity contribution >= 4 is 11.7 Å². The Morgan fingerprint density at radius 2 is 2.27 bits per heavy atom. The fourth-order valence-corrected chi connectivity index (χ4v) is 1.33. The van der Waals surface area contributed by atoms with E-state index in [1.807, 2.05) is 0 Å². The molecular weight excluding hydrogens is 201 g/mol. The number of rotatable bonds is 3. The molecular formula is C10H10FNO3. The molecule has 0 radical (unpaired) electrons. The Balaban J connectivity index is 2.17. The molecule has 0 amide bonds. The van der Waals surface area contributed by atoms with Gasteiger partial charge >= 0.3 is 5.97 Å². The highest BCUT2D eigenvalue weighted by Crippen LogP contribution is 2.17. The minimum atomic E-state index is -1.26. The first-order valence-corrected chi connectivity index (χ1v) is 4.54. The Morgan fingerprint density at radius 1 is 1.53 bits per heavy atom. The van der Waals surface area contributed by atoms with Crippen molar-refractivity contribution in [1.82, 2.24) is 0 Å². The zero-order valence-electron chi connectivity index (χ0n) is 7.87. The summed E-state index contributed by atoms with van der Waals surface area (Å²) in [6, 6.07) is 4.14. The Labute approximate surface area is 85.7 Å². The summed E-state index contributed by atoms with van der Waals surface area (Å²) in [6.07, 6.45) is 0. The number of nitrogens with one attached hydrogen (secondary N) is 1. The highest BCUT2D eigenvalue weighted by Gasteiger charge is 2.19. The first-order valence-electron chi connectivity index (χ1n) is 4.54. The van der Waals surface area contributed by atoms with Crippen LogP contribution in [0.15, 0.2) is 18.2 Å². The van der Waals surface area contributed by atoms with Gasteiger partial charge in [-0.15, -0.1) is 0 Å². The molecule has 1 aliphatic rings. The second-order valence-electron chi connectivity index (χ2n) is 3.38. The SMILES string of the molecule is O=C(O)c1cc(NC2COC2)ccc1F. The van der Waals surface area contributed by atoms with Gasteiger partial charge in [0.25, 0.3) is 0 Å². The summed E-state index contributed by atoms with van der Waals surface area (Å²) in [5.41, 5.74) is 0.280. The van der Waals surface area contributed by atoms with E-state index in [0.29, 0.717) is 18.9 Å². The van der Waals surface area contributed by atoms with Crippen molar-refractivity contribution in [3.63, 3.8) is 0 Å². The van der Waals surface area contributed by atoms with Gasteiger partial charge in [-0.05, 0) is 18.2 Å². The van der Waals surface area contributed by atoms with Crippen LogP contribution in [-0.2, 0) is 4.74 Å². The standard InChI is InChI=1S/C10H10FNO3/c11-9-2-1-6(3-8(9)10(13)14)12-7-4-15-5-7/h1-3,7,12H,4-5H2,(H,13,14). The molecule has 0 unspecified atom stereocenters. The van der Waals surface area contributed by atoms with E-state index in [0.717, 1.165) is 6.07 Å². The molecule has 0 bridgehead atoms. The van der Waals surface area contributed by atoms with Gasteiger partial charge < -0.3 is 15.2 Å². The summed E-state index contributed by atoms with van der Waals surface area (Å²) in [5.74, 6) is -1.99. The quantitative estimate of drug-likeness (QED) is 0.792. The van der Waals surface area contributed by atoms with Crippen molar-refractivity contribution in [3.8, 4) is 0 Å². The number of ether oxygens (including phenoxy) is 1. The normalized spacial score (nSPS) is 15.8. The summed E-state index contributed by atoms with van der Waals surface area (Å²) < 4.78 is 18.0. The van der Waals surface area contributed by atoms with Crippen LogP contribution in [0.2, 0.25) is 0 Å². The molecule has 2 N–H and O–H groups in total. The van der Waals surface area contributed by atoms with Crippen LogP contribution < -0.4 is 5.32 Å². The summed E-state index contributed by atoms with van der Waals surface area (Å²) in [7, 11) is 0. The average molecular weight is 211 g/mol. The monoisotopic (exact) mass is 211 g/mol. The third-order valence-corrected chi connectivity index (χ3v) is 2.21. The lowest BCUT2D eigenvalue weighted by molar-refractivity contribution is 0.0211. The first kappa shape index (κ1) is 9.92. The maximum atomic E-state index is 13.0. The number of aromatic carboxylic acids is 1. The maximum absolute atomic E-state index is 13.0. The van der Waals surface area contributed by atoms with Crippen LogP contribution >= 0.6 is 0 Å². The van der Waals surface area contributed by atoms with Crippen LogP contribution in [0, 0.1) is 5.82 Å². The number of carboxylic acid groups (broad SMARTS) is 1. The van der Waals surface area contributed by atoms with Crippen molar-refractivity contribution in [2.24, 2.45) is 0 Å². The molecule has 1 aromatic rings. The maximum Gasteiger partial charge on any atom is 0.338 e. The van der Waals surface area contributed by atoms with Crippen LogP contribution in [0.3, 0.4) is 0 Å². The van der Waals surface area contributed by atoms with Gasteiger partial charge in [-0.1, -0.05) is 0 Å². The molecule has 1 aromatic carbocycles. The number of carbonyl (C=O) groups is 1. The average Bonchev–Trinajstić information content (AvgIpc) is 2.13. The molecule has 15 heavy (non-hydrogen) atoms. The molecule has 1 saturated heterocycles. The van der Waals surface area contributed by atoms with E-state index in [4.69, 9.17) is 9.84 Å². The Morgan fingerprint density at radius 3 is 2.80 bits per heavy atom. The van der Waals surface area contributed by atoms with E-state index in [1.54, 1.807) is 0 Å². The second kappa shape index (κ2) is 3.86. The molecule has 0 atom stereocenters. The predicted octanol–water partition coefficient (Wildman–Crippen LogP) is 1.33. The largest absolute Gasteiger partial charge is 0.478 e. The van der Waals surface area contributed by atoms with E-state index in [2.05, 4.69) is 5.32 Å². The van der Waals surface area contributed by atoms with Crippen LogP contribution in [0.25, 0.3) is 0 Å². The van der Waals surface area contributed by atoms with Gasteiger partial charge in [0.15, 0.2) is 0 Å². The third kappa shape index (κ3) is 2.07. The zero-order valence-corrected chi connectivity index (χ0v) is 7.87. The Bertz CT molecular complexity index is 390. The molecule has 0 saturated carbocycles. The van der Waals surface area contributed by atoms with Gasteiger partial charge in [0.05, 0.1) is 24.8 Å². The minimum absolute atomic E-state index is 0.192. The minimum Gasteiger partial charge on any atom is -0.478 e. The molecule has 0 aliphatic carbocycles. The van der Waals surface area contributed by atoms with E-state index in [9.17, 15) is 9.18 Å². The molecule has 1 fully saturated rings. The van der Waals surface area contributed by atoms with E-state index >= 15 is 0 Å². The van der Waals surface area contributed by atoms with Crippen molar-refractivity contribution in [2.45, 2.75) is 6.04 Å². The van der Waals surface area contributed by atoms with Crippen LogP contribution in [0.4, 0.5) is 10.1 Å². The summed E-state index contributed by atoms with van der Waals surface area (Å²) in [6.45, 7) is 1.19. The second-order valence-corrected chi connectivity index (χ2v) is 3.38. The van der Waals surface area contributed by atoms with Crippen molar-refractivity contribution < 1.29 is 19.0 Å². The van der Waals surface area contributed by atoms with Gasteiger partial charge in [0.2, 0.25) is 0 Å². The molecule has 1 aliphatic heterocycles. The highest BCUT2D eigenvalue weighted by molar-refractivity contribution is 5.89. The molecule has 2 rings (SSSR count). The molecule has 5 heteroatoms. The smallest absolute Gasteiger partial charge is 0.338 e. The fourth-order valence-electron chi connectivity index (χ4n) is 1.33.